The minimum absolute atomic E-state index is 0.0498. The normalized spacial score (nSPS) is 12.2. The summed E-state index contributed by atoms with van der Waals surface area (Å²) in [7, 11) is 0. The average Bonchev–Trinajstić information content (AvgIpc) is 2.54. The van der Waals surface area contributed by atoms with E-state index in [4.69, 9.17) is 10.2 Å². The van der Waals surface area contributed by atoms with Crippen LogP contribution in [-0.2, 0) is 0 Å². The summed E-state index contributed by atoms with van der Waals surface area (Å²) in [5.74, 6) is 0.0498. The van der Waals surface area contributed by atoms with Gasteiger partial charge in [0, 0.05) is 11.3 Å². The highest BCUT2D eigenvalue weighted by Crippen LogP contribution is 2.29. The van der Waals surface area contributed by atoms with Crippen LogP contribution in [0.5, 0.6) is 0 Å². The molecule has 1 atom stereocenters. The molecule has 110 valence electrons. The van der Waals surface area contributed by atoms with Gasteiger partial charge < -0.3 is 10.2 Å². The Morgan fingerprint density at radius 3 is 2.55 bits per heavy atom. The van der Waals surface area contributed by atoms with Crippen LogP contribution in [0.25, 0.3) is 11.0 Å². The van der Waals surface area contributed by atoms with E-state index in [1.54, 1.807) is 0 Å². The van der Waals surface area contributed by atoms with Crippen molar-refractivity contribution in [2.75, 3.05) is 5.73 Å². The van der Waals surface area contributed by atoms with Crippen molar-refractivity contribution >= 4 is 16.7 Å². The number of hydrogen-bond donors (Lipinski definition) is 1. The lowest BCUT2D eigenvalue weighted by Crippen LogP contribution is -2.09. The molecule has 3 aromatic rings. The number of aryl methyl sites for hydroxylation is 1. The Labute approximate surface area is 128 Å². The molecular formula is C19H17NO2. The third kappa shape index (κ3) is 2.31. The highest BCUT2D eigenvalue weighted by molar-refractivity contribution is 5.84. The molecule has 2 N–H and O–H groups in total. The van der Waals surface area contributed by atoms with E-state index in [9.17, 15) is 4.79 Å². The lowest BCUT2D eigenvalue weighted by molar-refractivity contribution is 0.563. The number of benzene rings is 2. The highest BCUT2D eigenvalue weighted by Gasteiger charge is 2.13. The van der Waals surface area contributed by atoms with Crippen molar-refractivity contribution in [2.45, 2.75) is 12.8 Å². The van der Waals surface area contributed by atoms with E-state index in [-0.39, 0.29) is 11.6 Å². The van der Waals surface area contributed by atoms with E-state index in [1.165, 1.54) is 0 Å². The quantitative estimate of drug-likeness (QED) is 0.586. The average molecular weight is 291 g/mol. The molecule has 3 heteroatoms. The number of nitrogen functional groups attached to an aromatic ring is 1. The fourth-order valence-electron chi connectivity index (χ4n) is 2.70. The Hall–Kier alpha value is -2.81. The van der Waals surface area contributed by atoms with Crippen LogP contribution < -0.4 is 11.4 Å². The molecule has 0 amide bonds. The zero-order valence-corrected chi connectivity index (χ0v) is 12.4. The second kappa shape index (κ2) is 5.53. The number of allylic oxidation sites excluding steroid dienone is 1. The lowest BCUT2D eigenvalue weighted by Gasteiger charge is -2.14. The van der Waals surface area contributed by atoms with E-state index in [0.717, 1.165) is 22.1 Å². The summed E-state index contributed by atoms with van der Waals surface area (Å²) in [6.07, 6.45) is 1.89. The maximum absolute atomic E-state index is 11.8. The van der Waals surface area contributed by atoms with Gasteiger partial charge in [-0.3, -0.25) is 0 Å². The number of anilines is 1. The fourth-order valence-corrected chi connectivity index (χ4v) is 2.70. The SMILES string of the molecule is C=CC(c1ccccc1)c1ccc2c(C)c(N)c(=O)oc2c1. The van der Waals surface area contributed by atoms with Crippen molar-refractivity contribution in [3.8, 4) is 0 Å². The van der Waals surface area contributed by atoms with Crippen molar-refractivity contribution in [2.24, 2.45) is 0 Å². The van der Waals surface area contributed by atoms with E-state index < -0.39 is 5.63 Å². The van der Waals surface area contributed by atoms with Crippen molar-refractivity contribution in [1.82, 2.24) is 0 Å². The van der Waals surface area contributed by atoms with Gasteiger partial charge in [-0.05, 0) is 29.7 Å². The van der Waals surface area contributed by atoms with Crippen molar-refractivity contribution in [3.05, 3.63) is 88.3 Å². The summed E-state index contributed by atoms with van der Waals surface area (Å²) in [6.45, 7) is 5.76. The van der Waals surface area contributed by atoms with Gasteiger partial charge in [-0.2, -0.15) is 0 Å². The Kier molecular flexibility index (Phi) is 3.55. The predicted molar refractivity (Wildman–Crippen MR) is 90.1 cm³/mol. The van der Waals surface area contributed by atoms with Crippen LogP contribution >= 0.6 is 0 Å². The summed E-state index contributed by atoms with van der Waals surface area (Å²) in [5, 5.41) is 0.858. The molecular weight excluding hydrogens is 274 g/mol. The van der Waals surface area contributed by atoms with Gasteiger partial charge in [0.15, 0.2) is 0 Å². The molecule has 1 aromatic heterocycles. The minimum Gasteiger partial charge on any atom is -0.421 e. The third-order valence-corrected chi connectivity index (χ3v) is 3.99. The first-order valence-corrected chi connectivity index (χ1v) is 7.12. The van der Waals surface area contributed by atoms with E-state index in [2.05, 4.69) is 18.7 Å². The van der Waals surface area contributed by atoms with Crippen molar-refractivity contribution < 1.29 is 4.42 Å². The van der Waals surface area contributed by atoms with Crippen LogP contribution in [0.4, 0.5) is 5.69 Å². The fraction of sp³-hybridized carbons (Fsp3) is 0.105. The molecule has 0 aliphatic carbocycles. The smallest absolute Gasteiger partial charge is 0.359 e. The van der Waals surface area contributed by atoms with Crippen molar-refractivity contribution in [1.29, 1.82) is 0 Å². The summed E-state index contributed by atoms with van der Waals surface area (Å²) in [5.41, 5.74) is 8.91. The molecule has 2 aromatic carbocycles. The molecule has 0 aliphatic rings. The number of fused-ring (bicyclic) bond motifs is 1. The largest absolute Gasteiger partial charge is 0.421 e. The molecule has 0 aliphatic heterocycles. The Balaban J connectivity index is 2.18. The standard InChI is InChI=1S/C19H17NO2/c1-3-15(13-7-5-4-6-8-13)14-9-10-16-12(2)18(20)19(21)22-17(16)11-14/h3-11,15H,1,20H2,2H3. The lowest BCUT2D eigenvalue weighted by atomic mass is 9.90. The maximum Gasteiger partial charge on any atom is 0.359 e. The first kappa shape index (κ1) is 14.1. The number of rotatable bonds is 3. The van der Waals surface area contributed by atoms with Gasteiger partial charge in [0.05, 0.1) is 0 Å². The second-order valence-electron chi connectivity index (χ2n) is 5.31. The predicted octanol–water partition coefficient (Wildman–Crippen LogP) is 4.00. The summed E-state index contributed by atoms with van der Waals surface area (Å²) in [6, 6.07) is 15.9. The van der Waals surface area contributed by atoms with Gasteiger partial charge in [0.25, 0.3) is 0 Å². The first-order chi connectivity index (χ1) is 10.6. The summed E-state index contributed by atoms with van der Waals surface area (Å²) < 4.78 is 5.33. The molecule has 0 saturated carbocycles. The maximum atomic E-state index is 11.8. The van der Waals surface area contributed by atoms with Crippen LogP contribution in [0.1, 0.15) is 22.6 Å². The van der Waals surface area contributed by atoms with Gasteiger partial charge in [0.2, 0.25) is 0 Å². The molecule has 1 heterocycles. The van der Waals surface area contributed by atoms with Crippen LogP contribution in [0, 0.1) is 6.92 Å². The zero-order valence-electron chi connectivity index (χ0n) is 12.4. The second-order valence-corrected chi connectivity index (χ2v) is 5.31. The van der Waals surface area contributed by atoms with E-state index in [1.807, 2.05) is 49.4 Å². The highest BCUT2D eigenvalue weighted by atomic mass is 16.4. The third-order valence-electron chi connectivity index (χ3n) is 3.99. The molecule has 3 rings (SSSR count). The van der Waals surface area contributed by atoms with E-state index in [0.29, 0.717) is 5.58 Å². The Bertz CT molecular complexity index is 894. The van der Waals surface area contributed by atoms with Crippen LogP contribution in [0.3, 0.4) is 0 Å². The minimum atomic E-state index is -0.489. The van der Waals surface area contributed by atoms with Gasteiger partial charge in [-0.25, -0.2) is 4.79 Å². The summed E-state index contributed by atoms with van der Waals surface area (Å²) >= 11 is 0. The number of nitrogens with two attached hydrogens (primary N) is 1. The van der Waals surface area contributed by atoms with Crippen molar-refractivity contribution in [3.63, 3.8) is 0 Å². The van der Waals surface area contributed by atoms with Gasteiger partial charge in [0.1, 0.15) is 11.3 Å². The topological polar surface area (TPSA) is 56.2 Å². The molecule has 0 spiro atoms. The monoisotopic (exact) mass is 291 g/mol. The Morgan fingerprint density at radius 1 is 1.14 bits per heavy atom. The van der Waals surface area contributed by atoms with Gasteiger partial charge >= 0.3 is 5.63 Å². The molecule has 0 fully saturated rings. The number of hydrogen-bond acceptors (Lipinski definition) is 3. The van der Waals surface area contributed by atoms with Gasteiger partial charge in [-0.15, -0.1) is 6.58 Å². The van der Waals surface area contributed by atoms with E-state index >= 15 is 0 Å². The van der Waals surface area contributed by atoms with Crippen LogP contribution in [0.15, 0.2) is 70.4 Å². The Morgan fingerprint density at radius 2 is 1.86 bits per heavy atom. The van der Waals surface area contributed by atoms with Crippen LogP contribution in [0.2, 0.25) is 0 Å². The molecule has 3 nitrogen and oxygen atoms in total. The molecule has 0 saturated heterocycles. The summed E-state index contributed by atoms with van der Waals surface area (Å²) in [4.78, 5) is 11.8. The first-order valence-electron chi connectivity index (χ1n) is 7.12. The zero-order chi connectivity index (χ0) is 15.7. The molecule has 1 unspecified atom stereocenters. The van der Waals surface area contributed by atoms with Crippen LogP contribution in [-0.4, -0.2) is 0 Å². The molecule has 0 radical (unpaired) electrons. The molecule has 22 heavy (non-hydrogen) atoms. The van der Waals surface area contributed by atoms with Gasteiger partial charge in [-0.1, -0.05) is 48.5 Å². The molecule has 0 bridgehead atoms.